The Morgan fingerprint density at radius 3 is 2.33 bits per heavy atom. The SMILES string of the molecule is Cc1cc(Cl)cc(OC(F)(F)C(F)F)c1. The second-order valence-corrected chi connectivity index (χ2v) is 3.37. The second-order valence-electron chi connectivity index (χ2n) is 2.93. The summed E-state index contributed by atoms with van der Waals surface area (Å²) in [5.41, 5.74) is 0.544. The van der Waals surface area contributed by atoms with Crippen LogP contribution in [0.4, 0.5) is 17.6 Å². The zero-order valence-corrected chi connectivity index (χ0v) is 8.36. The fourth-order valence-electron chi connectivity index (χ4n) is 0.963. The molecule has 0 saturated carbocycles. The Labute approximate surface area is 88.6 Å². The first-order chi connectivity index (χ1) is 6.81. The van der Waals surface area contributed by atoms with Crippen molar-refractivity contribution in [3.8, 4) is 5.75 Å². The smallest absolute Gasteiger partial charge is 0.428 e. The number of rotatable bonds is 3. The molecule has 1 rings (SSSR count). The monoisotopic (exact) mass is 242 g/mol. The number of alkyl halides is 4. The molecule has 0 heterocycles. The van der Waals surface area contributed by atoms with E-state index in [0.717, 1.165) is 6.07 Å². The van der Waals surface area contributed by atoms with Gasteiger partial charge in [-0.2, -0.15) is 17.6 Å². The summed E-state index contributed by atoms with van der Waals surface area (Å²) >= 11 is 5.55. The van der Waals surface area contributed by atoms with Crippen molar-refractivity contribution in [2.45, 2.75) is 19.5 Å². The number of hydrogen-bond donors (Lipinski definition) is 0. The lowest BCUT2D eigenvalue weighted by molar-refractivity contribution is -0.253. The number of ether oxygens (including phenoxy) is 1. The van der Waals surface area contributed by atoms with Gasteiger partial charge in [-0.1, -0.05) is 11.6 Å². The molecule has 0 saturated heterocycles. The molecular formula is C9H7ClF4O. The van der Waals surface area contributed by atoms with Crippen LogP contribution in [0.15, 0.2) is 18.2 Å². The number of benzene rings is 1. The predicted molar refractivity (Wildman–Crippen MR) is 47.8 cm³/mol. The highest BCUT2D eigenvalue weighted by Gasteiger charge is 2.43. The Hall–Kier alpha value is -0.970. The van der Waals surface area contributed by atoms with Gasteiger partial charge >= 0.3 is 12.5 Å². The van der Waals surface area contributed by atoms with Gasteiger partial charge in [0.05, 0.1) is 0 Å². The maximum Gasteiger partial charge on any atom is 0.461 e. The summed E-state index contributed by atoms with van der Waals surface area (Å²) in [6.45, 7) is 1.58. The standard InChI is InChI=1S/C9H7ClF4O/c1-5-2-6(10)4-7(3-5)15-9(13,14)8(11)12/h2-4,8H,1H3. The molecule has 0 unspecified atom stereocenters. The van der Waals surface area contributed by atoms with Crippen molar-refractivity contribution >= 4 is 11.6 Å². The molecule has 0 spiro atoms. The minimum atomic E-state index is -4.50. The summed E-state index contributed by atoms with van der Waals surface area (Å²) in [4.78, 5) is 0. The van der Waals surface area contributed by atoms with E-state index in [1.807, 2.05) is 0 Å². The Morgan fingerprint density at radius 2 is 1.87 bits per heavy atom. The van der Waals surface area contributed by atoms with Crippen molar-refractivity contribution in [1.82, 2.24) is 0 Å². The molecule has 0 N–H and O–H groups in total. The fraction of sp³-hybridized carbons (Fsp3) is 0.333. The van der Waals surface area contributed by atoms with Crippen LogP contribution in [0, 0.1) is 6.92 Å². The zero-order chi connectivity index (χ0) is 11.6. The summed E-state index contributed by atoms with van der Waals surface area (Å²) in [5, 5.41) is 0.148. The molecule has 0 aromatic heterocycles. The highest BCUT2D eigenvalue weighted by Crippen LogP contribution is 2.29. The first kappa shape index (κ1) is 12.1. The topological polar surface area (TPSA) is 9.23 Å². The first-order valence-electron chi connectivity index (χ1n) is 3.93. The van der Waals surface area contributed by atoms with Crippen LogP contribution in [0.2, 0.25) is 5.02 Å². The molecule has 0 aliphatic rings. The predicted octanol–water partition coefficient (Wildman–Crippen LogP) is 3.89. The minimum Gasteiger partial charge on any atom is -0.428 e. The van der Waals surface area contributed by atoms with Crippen LogP contribution in [0.25, 0.3) is 0 Å². The highest BCUT2D eigenvalue weighted by atomic mass is 35.5. The van der Waals surface area contributed by atoms with Gasteiger partial charge in [0.2, 0.25) is 0 Å². The number of aryl methyl sites for hydroxylation is 1. The molecule has 84 valence electrons. The van der Waals surface area contributed by atoms with E-state index in [0.29, 0.717) is 5.56 Å². The first-order valence-corrected chi connectivity index (χ1v) is 4.31. The van der Waals surface area contributed by atoms with Crippen molar-refractivity contribution in [2.24, 2.45) is 0 Å². The van der Waals surface area contributed by atoms with Crippen LogP contribution < -0.4 is 4.74 Å². The van der Waals surface area contributed by atoms with Gasteiger partial charge in [-0.05, 0) is 30.7 Å². The number of halogens is 5. The lowest BCUT2D eigenvalue weighted by atomic mass is 10.2. The van der Waals surface area contributed by atoms with Gasteiger partial charge in [0.25, 0.3) is 0 Å². The molecule has 6 heteroatoms. The average molecular weight is 243 g/mol. The van der Waals surface area contributed by atoms with Gasteiger partial charge in [-0.15, -0.1) is 0 Å². The minimum absolute atomic E-state index is 0.148. The second kappa shape index (κ2) is 4.26. The van der Waals surface area contributed by atoms with E-state index >= 15 is 0 Å². The van der Waals surface area contributed by atoms with E-state index in [1.165, 1.54) is 12.1 Å². The van der Waals surface area contributed by atoms with E-state index in [9.17, 15) is 17.6 Å². The van der Waals surface area contributed by atoms with Gasteiger partial charge in [-0.25, -0.2) is 0 Å². The molecule has 1 aromatic rings. The molecule has 1 aromatic carbocycles. The quantitative estimate of drug-likeness (QED) is 0.731. The van der Waals surface area contributed by atoms with E-state index in [-0.39, 0.29) is 10.8 Å². The molecule has 0 fully saturated rings. The third-order valence-corrected chi connectivity index (χ3v) is 1.74. The van der Waals surface area contributed by atoms with E-state index < -0.39 is 12.5 Å². The summed E-state index contributed by atoms with van der Waals surface area (Å²) in [7, 11) is 0. The van der Waals surface area contributed by atoms with E-state index in [4.69, 9.17) is 11.6 Å². The summed E-state index contributed by atoms with van der Waals surface area (Å²) < 4.78 is 52.4. The third kappa shape index (κ3) is 3.27. The van der Waals surface area contributed by atoms with Crippen molar-refractivity contribution < 1.29 is 22.3 Å². The van der Waals surface area contributed by atoms with Crippen LogP contribution in [0.5, 0.6) is 5.75 Å². The Kier molecular flexibility index (Phi) is 3.44. The normalized spacial score (nSPS) is 11.9. The fourth-order valence-corrected chi connectivity index (χ4v) is 1.24. The van der Waals surface area contributed by atoms with Crippen LogP contribution in [-0.4, -0.2) is 12.5 Å². The molecule has 1 nitrogen and oxygen atoms in total. The third-order valence-electron chi connectivity index (χ3n) is 1.52. The number of hydrogen-bond acceptors (Lipinski definition) is 1. The summed E-state index contributed by atoms with van der Waals surface area (Å²) in [6.07, 6.45) is -8.38. The van der Waals surface area contributed by atoms with Crippen LogP contribution >= 0.6 is 11.6 Å². The largest absolute Gasteiger partial charge is 0.461 e. The molecular weight excluding hydrogens is 236 g/mol. The van der Waals surface area contributed by atoms with Crippen LogP contribution in [-0.2, 0) is 0 Å². The molecule has 0 atom stereocenters. The maximum atomic E-state index is 12.5. The van der Waals surface area contributed by atoms with Crippen molar-refractivity contribution in [3.05, 3.63) is 28.8 Å². The molecule has 0 aliphatic heterocycles. The van der Waals surface area contributed by atoms with Crippen molar-refractivity contribution in [3.63, 3.8) is 0 Å². The lowest BCUT2D eigenvalue weighted by Gasteiger charge is -2.17. The van der Waals surface area contributed by atoms with Crippen molar-refractivity contribution in [2.75, 3.05) is 0 Å². The molecule has 0 amide bonds. The Balaban J connectivity index is 2.89. The van der Waals surface area contributed by atoms with Crippen LogP contribution in [0.1, 0.15) is 5.56 Å². The van der Waals surface area contributed by atoms with Gasteiger partial charge in [0.1, 0.15) is 5.75 Å². The highest BCUT2D eigenvalue weighted by molar-refractivity contribution is 6.30. The molecule has 0 aliphatic carbocycles. The molecule has 0 radical (unpaired) electrons. The Morgan fingerprint density at radius 1 is 1.27 bits per heavy atom. The molecule has 15 heavy (non-hydrogen) atoms. The van der Waals surface area contributed by atoms with E-state index in [2.05, 4.69) is 4.74 Å². The van der Waals surface area contributed by atoms with Crippen LogP contribution in [0.3, 0.4) is 0 Å². The van der Waals surface area contributed by atoms with Gasteiger partial charge in [0.15, 0.2) is 0 Å². The van der Waals surface area contributed by atoms with Gasteiger partial charge in [-0.3, -0.25) is 0 Å². The average Bonchev–Trinajstić information content (AvgIpc) is 1.99. The summed E-state index contributed by atoms with van der Waals surface area (Å²) in [5.74, 6) is -0.384. The lowest BCUT2D eigenvalue weighted by Crippen LogP contribution is -2.33. The van der Waals surface area contributed by atoms with Gasteiger partial charge < -0.3 is 4.74 Å². The summed E-state index contributed by atoms with van der Waals surface area (Å²) in [6, 6.07) is 3.74. The Bertz CT molecular complexity index is 334. The molecule has 0 bridgehead atoms. The van der Waals surface area contributed by atoms with Crippen molar-refractivity contribution in [1.29, 1.82) is 0 Å². The zero-order valence-electron chi connectivity index (χ0n) is 7.61. The van der Waals surface area contributed by atoms with Gasteiger partial charge in [0, 0.05) is 5.02 Å². The van der Waals surface area contributed by atoms with E-state index in [1.54, 1.807) is 6.92 Å². The maximum absolute atomic E-state index is 12.5.